The molecule has 1 atom stereocenters. The summed E-state index contributed by atoms with van der Waals surface area (Å²) in [4.78, 5) is 11.8. The van der Waals surface area contributed by atoms with Gasteiger partial charge in [0.25, 0.3) is 12.3 Å². The molecular weight excluding hydrogens is 310 g/mol. The molecule has 1 rings (SSSR count). The molecule has 1 aromatic carbocycles. The number of aliphatic hydroxyl groups excluding tert-OH is 1. The number of aliphatic hydroxyl groups is 1. The number of carbonyl (C=O) groups excluding carboxylic acids is 1. The lowest BCUT2D eigenvalue weighted by molar-refractivity contribution is -0.00270. The smallest absolute Gasteiger partial charge is 0.265 e. The van der Waals surface area contributed by atoms with Crippen LogP contribution in [0.1, 0.15) is 15.9 Å². The summed E-state index contributed by atoms with van der Waals surface area (Å²) in [6.45, 7) is 1.14. The maximum absolute atomic E-state index is 12.1. The minimum absolute atomic E-state index is 0.281. The molecule has 0 fully saturated rings. The molecule has 0 spiro atoms. The molecule has 4 nitrogen and oxygen atoms in total. The van der Waals surface area contributed by atoms with Crippen LogP contribution in [0.2, 0.25) is 0 Å². The van der Waals surface area contributed by atoms with Crippen molar-refractivity contribution in [1.82, 2.24) is 5.32 Å². The maximum atomic E-state index is 12.1. The molecule has 1 aromatic rings. The summed E-state index contributed by atoms with van der Waals surface area (Å²) < 4.78 is 24.7. The van der Waals surface area contributed by atoms with Gasteiger partial charge in [-0.2, -0.15) is 0 Å². The molecule has 0 bridgehead atoms. The zero-order valence-electron chi connectivity index (χ0n) is 9.58. The Morgan fingerprint density at radius 3 is 2.72 bits per heavy atom. The van der Waals surface area contributed by atoms with Crippen LogP contribution < -0.4 is 11.1 Å². The van der Waals surface area contributed by atoms with Crippen molar-refractivity contribution < 1.29 is 18.7 Å². The number of alkyl halides is 2. The fourth-order valence-electron chi connectivity index (χ4n) is 1.32. The fraction of sp³-hybridized carbons (Fsp3) is 0.364. The number of benzene rings is 1. The summed E-state index contributed by atoms with van der Waals surface area (Å²) in [7, 11) is 0. The van der Waals surface area contributed by atoms with Crippen LogP contribution in [0.25, 0.3) is 0 Å². The summed E-state index contributed by atoms with van der Waals surface area (Å²) in [5.74, 6) is -0.555. The summed E-state index contributed by atoms with van der Waals surface area (Å²) >= 11 is 3.19. The molecule has 0 aromatic heterocycles. The third-order valence-electron chi connectivity index (χ3n) is 2.42. The molecule has 18 heavy (non-hydrogen) atoms. The van der Waals surface area contributed by atoms with Crippen LogP contribution in [-0.2, 0) is 0 Å². The molecule has 0 saturated heterocycles. The molecule has 0 saturated carbocycles. The first-order chi connectivity index (χ1) is 8.32. The summed E-state index contributed by atoms with van der Waals surface area (Å²) in [6, 6.07) is 3.18. The van der Waals surface area contributed by atoms with Crippen LogP contribution >= 0.6 is 15.9 Å². The molecule has 0 heterocycles. The van der Waals surface area contributed by atoms with Gasteiger partial charge in [-0.1, -0.05) is 15.9 Å². The van der Waals surface area contributed by atoms with Gasteiger partial charge in [0.15, 0.2) is 0 Å². The molecule has 0 aliphatic heterocycles. The second kappa shape index (κ2) is 6.10. The molecule has 0 radical (unpaired) electrons. The Balaban J connectivity index is 2.79. The van der Waals surface area contributed by atoms with Crippen molar-refractivity contribution in [3.63, 3.8) is 0 Å². The molecule has 0 aliphatic rings. The van der Waals surface area contributed by atoms with Crippen LogP contribution in [0.15, 0.2) is 16.6 Å². The average Bonchev–Trinajstić information content (AvgIpc) is 2.29. The third-order valence-corrected chi connectivity index (χ3v) is 2.88. The lowest BCUT2D eigenvalue weighted by atomic mass is 10.1. The van der Waals surface area contributed by atoms with E-state index in [2.05, 4.69) is 21.2 Å². The van der Waals surface area contributed by atoms with Gasteiger partial charge in [-0.05, 0) is 24.6 Å². The zero-order valence-corrected chi connectivity index (χ0v) is 11.2. The van der Waals surface area contributed by atoms with E-state index in [4.69, 9.17) is 10.8 Å². The Labute approximate surface area is 111 Å². The number of carbonyl (C=O) groups is 1. The van der Waals surface area contributed by atoms with E-state index >= 15 is 0 Å². The van der Waals surface area contributed by atoms with E-state index < -0.39 is 25.0 Å². The fourth-order valence-corrected chi connectivity index (χ4v) is 1.79. The Hall–Kier alpha value is -1.21. The number of hydrogen-bond donors (Lipinski definition) is 3. The number of nitrogen functional groups attached to an aromatic ring is 1. The van der Waals surface area contributed by atoms with Gasteiger partial charge in [-0.25, -0.2) is 8.78 Å². The van der Waals surface area contributed by atoms with Crippen molar-refractivity contribution in [1.29, 1.82) is 0 Å². The average molecular weight is 323 g/mol. The van der Waals surface area contributed by atoms with Crippen LogP contribution in [-0.4, -0.2) is 30.1 Å². The van der Waals surface area contributed by atoms with Crippen molar-refractivity contribution in [2.75, 3.05) is 12.3 Å². The molecule has 7 heteroatoms. The first kappa shape index (κ1) is 14.8. The Morgan fingerprint density at radius 2 is 2.17 bits per heavy atom. The number of rotatable bonds is 4. The van der Waals surface area contributed by atoms with Crippen molar-refractivity contribution in [2.24, 2.45) is 0 Å². The van der Waals surface area contributed by atoms with E-state index in [9.17, 15) is 13.6 Å². The topological polar surface area (TPSA) is 75.4 Å². The van der Waals surface area contributed by atoms with Gasteiger partial charge in [0, 0.05) is 22.3 Å². The highest BCUT2D eigenvalue weighted by molar-refractivity contribution is 9.10. The predicted molar refractivity (Wildman–Crippen MR) is 67.6 cm³/mol. The Bertz CT molecular complexity index is 455. The lowest BCUT2D eigenvalue weighted by Gasteiger charge is -2.13. The maximum Gasteiger partial charge on any atom is 0.265 e. The molecular formula is C11H13BrF2N2O2. The Morgan fingerprint density at radius 1 is 1.56 bits per heavy atom. The lowest BCUT2D eigenvalue weighted by Crippen LogP contribution is -2.36. The van der Waals surface area contributed by atoms with E-state index in [1.54, 1.807) is 13.0 Å². The highest BCUT2D eigenvalue weighted by Gasteiger charge is 2.19. The number of amides is 1. The van der Waals surface area contributed by atoms with Crippen molar-refractivity contribution in [3.8, 4) is 0 Å². The van der Waals surface area contributed by atoms with E-state index in [-0.39, 0.29) is 5.56 Å². The van der Waals surface area contributed by atoms with Gasteiger partial charge in [0.05, 0.1) is 0 Å². The molecule has 4 N–H and O–H groups in total. The van der Waals surface area contributed by atoms with E-state index in [1.165, 1.54) is 6.07 Å². The highest BCUT2D eigenvalue weighted by Crippen LogP contribution is 2.22. The second-order valence-corrected chi connectivity index (χ2v) is 4.70. The number of nitrogens with two attached hydrogens (primary N) is 1. The van der Waals surface area contributed by atoms with Crippen LogP contribution in [0, 0.1) is 6.92 Å². The van der Waals surface area contributed by atoms with Gasteiger partial charge < -0.3 is 16.2 Å². The number of halogens is 3. The van der Waals surface area contributed by atoms with E-state index in [1.807, 2.05) is 0 Å². The molecule has 0 aliphatic carbocycles. The first-order valence-electron chi connectivity index (χ1n) is 5.13. The summed E-state index contributed by atoms with van der Waals surface area (Å²) in [5.41, 5.74) is 6.94. The van der Waals surface area contributed by atoms with Gasteiger partial charge in [-0.15, -0.1) is 0 Å². The van der Waals surface area contributed by atoms with E-state index in [0.29, 0.717) is 15.7 Å². The molecule has 1 amide bonds. The molecule has 1 unspecified atom stereocenters. The number of nitrogens with one attached hydrogen (secondary N) is 1. The van der Waals surface area contributed by atoms with Gasteiger partial charge in [0.2, 0.25) is 0 Å². The van der Waals surface area contributed by atoms with Gasteiger partial charge in [-0.3, -0.25) is 4.79 Å². The van der Waals surface area contributed by atoms with Crippen molar-refractivity contribution in [2.45, 2.75) is 19.5 Å². The SMILES string of the molecule is Cc1c(N)cc(Br)cc1C(=O)NCC(O)C(F)F. The number of hydrogen-bond acceptors (Lipinski definition) is 3. The van der Waals surface area contributed by atoms with Crippen molar-refractivity contribution in [3.05, 3.63) is 27.7 Å². The van der Waals surface area contributed by atoms with Crippen molar-refractivity contribution >= 4 is 27.5 Å². The second-order valence-electron chi connectivity index (χ2n) is 3.78. The quantitative estimate of drug-likeness (QED) is 0.738. The standard InChI is InChI=1S/C11H13BrF2N2O2/c1-5-7(2-6(12)3-8(5)15)11(18)16-4-9(17)10(13)14/h2-3,9-10,17H,4,15H2,1H3,(H,16,18). The van der Waals surface area contributed by atoms with Crippen LogP contribution in [0.5, 0.6) is 0 Å². The normalized spacial score (nSPS) is 12.6. The highest BCUT2D eigenvalue weighted by atomic mass is 79.9. The number of anilines is 1. The largest absolute Gasteiger partial charge is 0.398 e. The zero-order chi connectivity index (χ0) is 13.9. The van der Waals surface area contributed by atoms with Crippen LogP contribution in [0.4, 0.5) is 14.5 Å². The Kier molecular flexibility index (Phi) is 5.03. The first-order valence-corrected chi connectivity index (χ1v) is 5.92. The van der Waals surface area contributed by atoms with Gasteiger partial charge >= 0.3 is 0 Å². The predicted octanol–water partition coefficient (Wildman–Crippen LogP) is 1.70. The monoisotopic (exact) mass is 322 g/mol. The summed E-state index contributed by atoms with van der Waals surface area (Å²) in [5, 5.41) is 11.1. The summed E-state index contributed by atoms with van der Waals surface area (Å²) in [6.07, 6.45) is -4.77. The minimum Gasteiger partial charge on any atom is -0.398 e. The minimum atomic E-state index is -2.89. The third kappa shape index (κ3) is 3.64. The molecule has 100 valence electrons. The van der Waals surface area contributed by atoms with Gasteiger partial charge in [0.1, 0.15) is 6.10 Å². The van der Waals surface area contributed by atoms with E-state index in [0.717, 1.165) is 0 Å². The van der Waals surface area contributed by atoms with Crippen LogP contribution in [0.3, 0.4) is 0 Å².